The number of aromatic amines is 1. The minimum absolute atomic E-state index is 0.0935. The Labute approximate surface area is 160 Å². The highest BCUT2D eigenvalue weighted by atomic mass is 16.3. The van der Waals surface area contributed by atoms with Gasteiger partial charge < -0.3 is 10.1 Å². The van der Waals surface area contributed by atoms with Crippen molar-refractivity contribution in [1.82, 2.24) is 4.98 Å². The Hall–Kier alpha value is -2.81. The molecule has 0 aliphatic carbocycles. The number of pyridine rings is 1. The molecule has 2 aromatic carbocycles. The Morgan fingerprint density at radius 2 is 1.56 bits per heavy atom. The van der Waals surface area contributed by atoms with Crippen molar-refractivity contribution >= 4 is 0 Å². The maximum absolute atomic E-state index is 12.9. The zero-order valence-electron chi connectivity index (χ0n) is 16.0. The van der Waals surface area contributed by atoms with Crippen LogP contribution in [0.3, 0.4) is 0 Å². The number of aromatic hydroxyl groups is 1. The summed E-state index contributed by atoms with van der Waals surface area (Å²) >= 11 is 0. The molecule has 1 heterocycles. The van der Waals surface area contributed by atoms with Gasteiger partial charge in [0.05, 0.1) is 5.56 Å². The summed E-state index contributed by atoms with van der Waals surface area (Å²) in [6, 6.07) is 21.9. The van der Waals surface area contributed by atoms with Gasteiger partial charge in [-0.3, -0.25) is 4.79 Å². The van der Waals surface area contributed by atoms with Crippen molar-refractivity contribution in [2.24, 2.45) is 0 Å². The van der Waals surface area contributed by atoms with Gasteiger partial charge in [0.15, 0.2) is 0 Å². The van der Waals surface area contributed by atoms with Gasteiger partial charge in [0, 0.05) is 23.6 Å². The lowest BCUT2D eigenvalue weighted by molar-refractivity contribution is 0.457. The largest absolute Gasteiger partial charge is 0.507 e. The van der Waals surface area contributed by atoms with E-state index >= 15 is 0 Å². The molecule has 0 aliphatic heterocycles. The Bertz CT molecular complexity index is 916. The molecule has 27 heavy (non-hydrogen) atoms. The summed E-state index contributed by atoms with van der Waals surface area (Å²) in [5, 5.41) is 10.7. The van der Waals surface area contributed by atoms with Crippen molar-refractivity contribution in [3.05, 3.63) is 99.5 Å². The Morgan fingerprint density at radius 1 is 0.926 bits per heavy atom. The van der Waals surface area contributed by atoms with Gasteiger partial charge in [0.25, 0.3) is 5.56 Å². The third kappa shape index (κ3) is 4.30. The summed E-state index contributed by atoms with van der Waals surface area (Å²) < 4.78 is 0. The van der Waals surface area contributed by atoms with Gasteiger partial charge in [-0.05, 0) is 30.4 Å². The summed E-state index contributed by atoms with van der Waals surface area (Å²) in [6.45, 7) is 4.14. The smallest absolute Gasteiger partial charge is 0.255 e. The van der Waals surface area contributed by atoms with Crippen LogP contribution in [0.4, 0.5) is 0 Å². The quantitative estimate of drug-likeness (QED) is 0.595. The van der Waals surface area contributed by atoms with Crippen LogP contribution in [-0.2, 0) is 6.42 Å². The van der Waals surface area contributed by atoms with E-state index < -0.39 is 0 Å². The summed E-state index contributed by atoms with van der Waals surface area (Å²) in [5.41, 5.74) is 3.35. The first-order valence-electron chi connectivity index (χ1n) is 9.68. The molecule has 0 radical (unpaired) electrons. The third-order valence-corrected chi connectivity index (χ3v) is 5.29. The van der Waals surface area contributed by atoms with E-state index in [9.17, 15) is 9.90 Å². The topological polar surface area (TPSA) is 53.1 Å². The Kier molecular flexibility index (Phi) is 6.12. The Balaban J connectivity index is 1.95. The molecule has 3 rings (SSSR count). The van der Waals surface area contributed by atoms with E-state index in [4.69, 9.17) is 0 Å². The highest BCUT2D eigenvalue weighted by Crippen LogP contribution is 2.33. The molecule has 1 aromatic heterocycles. The van der Waals surface area contributed by atoms with Crippen molar-refractivity contribution < 1.29 is 5.11 Å². The highest BCUT2D eigenvalue weighted by Gasteiger charge is 2.22. The SMILES string of the molecule is CCC(Cc1ccccc1)c1cc(O)c(C(CC)c2ccccc2)c(=O)[nH]1. The second-order valence-corrected chi connectivity index (χ2v) is 7.02. The molecule has 0 fully saturated rings. The monoisotopic (exact) mass is 361 g/mol. The Morgan fingerprint density at radius 3 is 2.11 bits per heavy atom. The lowest BCUT2D eigenvalue weighted by Gasteiger charge is -2.20. The fourth-order valence-corrected chi connectivity index (χ4v) is 3.80. The second kappa shape index (κ2) is 8.72. The summed E-state index contributed by atoms with van der Waals surface area (Å²) in [7, 11) is 0. The summed E-state index contributed by atoms with van der Waals surface area (Å²) in [6.07, 6.45) is 2.47. The van der Waals surface area contributed by atoms with Crippen LogP contribution in [0.15, 0.2) is 71.5 Å². The molecule has 2 atom stereocenters. The molecule has 0 spiro atoms. The molecule has 0 saturated heterocycles. The molecule has 3 heteroatoms. The highest BCUT2D eigenvalue weighted by molar-refractivity contribution is 5.41. The molecule has 0 bridgehead atoms. The van der Waals surface area contributed by atoms with Crippen LogP contribution in [0.5, 0.6) is 5.75 Å². The standard InChI is InChI=1S/C24H27NO2/c1-3-18(15-17-11-7-5-8-12-17)21-16-22(26)23(24(27)25-21)20(4-2)19-13-9-6-10-14-19/h5-14,16,18,20H,3-4,15H2,1-2H3,(H2,25,26,27). The van der Waals surface area contributed by atoms with E-state index in [2.05, 4.69) is 24.0 Å². The van der Waals surface area contributed by atoms with Crippen LogP contribution < -0.4 is 5.56 Å². The minimum Gasteiger partial charge on any atom is -0.507 e. The van der Waals surface area contributed by atoms with E-state index in [1.807, 2.05) is 55.5 Å². The van der Waals surface area contributed by atoms with Crippen LogP contribution in [0.2, 0.25) is 0 Å². The summed E-state index contributed by atoms with van der Waals surface area (Å²) in [5.74, 6) is 0.144. The molecule has 3 aromatic rings. The van der Waals surface area contributed by atoms with Gasteiger partial charge in [-0.2, -0.15) is 0 Å². The van der Waals surface area contributed by atoms with Crippen molar-refractivity contribution in [3.8, 4) is 5.75 Å². The number of hydrogen-bond acceptors (Lipinski definition) is 2. The van der Waals surface area contributed by atoms with Gasteiger partial charge in [-0.25, -0.2) is 0 Å². The van der Waals surface area contributed by atoms with Crippen LogP contribution in [-0.4, -0.2) is 10.1 Å². The van der Waals surface area contributed by atoms with E-state index in [1.165, 1.54) is 5.56 Å². The van der Waals surface area contributed by atoms with Crippen LogP contribution in [0.25, 0.3) is 0 Å². The first-order chi connectivity index (χ1) is 13.1. The van der Waals surface area contributed by atoms with Crippen LogP contribution >= 0.6 is 0 Å². The average Bonchev–Trinajstić information content (AvgIpc) is 2.70. The van der Waals surface area contributed by atoms with Gasteiger partial charge >= 0.3 is 0 Å². The van der Waals surface area contributed by atoms with Gasteiger partial charge in [0.1, 0.15) is 5.75 Å². The van der Waals surface area contributed by atoms with E-state index in [-0.39, 0.29) is 23.1 Å². The number of hydrogen-bond donors (Lipinski definition) is 2. The first-order valence-corrected chi connectivity index (χ1v) is 9.68. The number of H-pyrrole nitrogens is 1. The number of rotatable bonds is 7. The van der Waals surface area contributed by atoms with Gasteiger partial charge in [0.2, 0.25) is 0 Å². The van der Waals surface area contributed by atoms with Crippen LogP contribution in [0.1, 0.15) is 60.9 Å². The zero-order chi connectivity index (χ0) is 19.2. The summed E-state index contributed by atoms with van der Waals surface area (Å²) in [4.78, 5) is 15.9. The minimum atomic E-state index is -0.188. The molecule has 0 saturated carbocycles. The number of nitrogens with one attached hydrogen (secondary N) is 1. The normalized spacial score (nSPS) is 13.3. The molecule has 0 amide bonds. The van der Waals surface area contributed by atoms with Crippen molar-refractivity contribution in [1.29, 1.82) is 0 Å². The molecule has 3 nitrogen and oxygen atoms in total. The molecular formula is C24H27NO2. The van der Waals surface area contributed by atoms with E-state index in [0.717, 1.165) is 30.5 Å². The fraction of sp³-hybridized carbons (Fsp3) is 0.292. The lowest BCUT2D eigenvalue weighted by atomic mass is 9.88. The van der Waals surface area contributed by atoms with Gasteiger partial charge in [-0.1, -0.05) is 74.5 Å². The van der Waals surface area contributed by atoms with Crippen molar-refractivity contribution in [3.63, 3.8) is 0 Å². The lowest BCUT2D eigenvalue weighted by Crippen LogP contribution is -2.20. The second-order valence-electron chi connectivity index (χ2n) is 7.02. The predicted molar refractivity (Wildman–Crippen MR) is 110 cm³/mol. The predicted octanol–water partition coefficient (Wildman–Crippen LogP) is 5.36. The van der Waals surface area contributed by atoms with Crippen molar-refractivity contribution in [2.75, 3.05) is 0 Å². The average molecular weight is 361 g/mol. The van der Waals surface area contributed by atoms with Gasteiger partial charge in [-0.15, -0.1) is 0 Å². The van der Waals surface area contributed by atoms with E-state index in [1.54, 1.807) is 6.07 Å². The maximum Gasteiger partial charge on any atom is 0.255 e. The maximum atomic E-state index is 12.9. The first kappa shape index (κ1) is 19.0. The van der Waals surface area contributed by atoms with Crippen LogP contribution in [0, 0.1) is 0 Å². The van der Waals surface area contributed by atoms with E-state index in [0.29, 0.717) is 5.56 Å². The molecule has 2 N–H and O–H groups in total. The fourth-order valence-electron chi connectivity index (χ4n) is 3.80. The molecule has 0 aliphatic rings. The molecule has 2 unspecified atom stereocenters. The number of benzene rings is 2. The number of aromatic nitrogens is 1. The zero-order valence-corrected chi connectivity index (χ0v) is 16.0. The molecule has 140 valence electrons. The van der Waals surface area contributed by atoms with Crippen molar-refractivity contribution in [2.45, 2.75) is 44.9 Å². The third-order valence-electron chi connectivity index (χ3n) is 5.29. The molecular weight excluding hydrogens is 334 g/mol.